The Kier molecular flexibility index (Phi) is 4.22. The van der Waals surface area contributed by atoms with Crippen molar-refractivity contribution in [3.63, 3.8) is 0 Å². The lowest BCUT2D eigenvalue weighted by Crippen LogP contribution is -2.26. The van der Waals surface area contributed by atoms with E-state index >= 15 is 0 Å². The number of ether oxygens (including phenoxy) is 1. The molecule has 2 atom stereocenters. The van der Waals surface area contributed by atoms with Crippen LogP contribution >= 0.6 is 11.3 Å². The molecule has 7 nitrogen and oxygen atoms in total. The van der Waals surface area contributed by atoms with Gasteiger partial charge in [0.25, 0.3) is 0 Å². The van der Waals surface area contributed by atoms with Gasteiger partial charge in [0.05, 0.1) is 11.6 Å². The second-order valence-electron chi connectivity index (χ2n) is 6.74. The van der Waals surface area contributed by atoms with Crippen molar-refractivity contribution < 1.29 is 13.9 Å². The first-order valence-electron chi connectivity index (χ1n) is 9.04. The Balaban J connectivity index is 1.34. The van der Waals surface area contributed by atoms with Crippen LogP contribution in [0.5, 0.6) is 0 Å². The summed E-state index contributed by atoms with van der Waals surface area (Å²) in [6.45, 7) is 0.552. The first-order chi connectivity index (χ1) is 13.7. The Morgan fingerprint density at radius 3 is 3.04 bits per heavy atom. The molecule has 4 aromatic rings. The number of amides is 1. The normalized spacial score (nSPS) is 19.3. The summed E-state index contributed by atoms with van der Waals surface area (Å²) in [7, 11) is 1.85. The smallest absolute Gasteiger partial charge is 0.232 e. The highest BCUT2D eigenvalue weighted by molar-refractivity contribution is 7.14. The fourth-order valence-corrected chi connectivity index (χ4v) is 4.27. The second kappa shape index (κ2) is 6.88. The van der Waals surface area contributed by atoms with Crippen LogP contribution in [-0.2, 0) is 16.6 Å². The lowest BCUT2D eigenvalue weighted by molar-refractivity contribution is -0.121. The van der Waals surface area contributed by atoms with E-state index in [2.05, 4.69) is 15.4 Å². The highest BCUT2D eigenvalue weighted by Crippen LogP contribution is 2.36. The molecule has 1 aromatic carbocycles. The van der Waals surface area contributed by atoms with E-state index in [1.807, 2.05) is 48.8 Å². The number of fused-ring (bicyclic) bond motifs is 1. The van der Waals surface area contributed by atoms with Crippen LogP contribution < -0.4 is 5.32 Å². The summed E-state index contributed by atoms with van der Waals surface area (Å²) >= 11 is 1.38. The maximum absolute atomic E-state index is 12.8. The molecule has 1 fully saturated rings. The van der Waals surface area contributed by atoms with Crippen molar-refractivity contribution in [3.05, 3.63) is 53.7 Å². The van der Waals surface area contributed by atoms with E-state index < -0.39 is 0 Å². The van der Waals surface area contributed by atoms with E-state index in [9.17, 15) is 4.79 Å². The molecule has 0 saturated carbocycles. The number of thiazole rings is 1. The average molecular weight is 394 g/mol. The molecule has 3 aromatic heterocycles. The summed E-state index contributed by atoms with van der Waals surface area (Å²) in [6, 6.07) is 11.7. The fraction of sp³-hybridized carbons (Fsp3) is 0.250. The third-order valence-electron chi connectivity index (χ3n) is 4.99. The van der Waals surface area contributed by atoms with E-state index in [0.29, 0.717) is 29.6 Å². The SMILES string of the molecule is Cn1nccc1[C@@H]1OCC[C@H]1C(=O)Nc1nc(-c2cc3ccccc3o2)cs1. The van der Waals surface area contributed by atoms with Gasteiger partial charge in [-0.05, 0) is 24.6 Å². The predicted octanol–water partition coefficient (Wildman–Crippen LogP) is 4.01. The molecule has 0 unspecified atom stereocenters. The Hall–Kier alpha value is -2.97. The summed E-state index contributed by atoms with van der Waals surface area (Å²) in [5.41, 5.74) is 2.43. The Morgan fingerprint density at radius 1 is 1.32 bits per heavy atom. The quantitative estimate of drug-likeness (QED) is 0.566. The van der Waals surface area contributed by atoms with Crippen molar-refractivity contribution in [3.8, 4) is 11.5 Å². The number of anilines is 1. The molecule has 8 heteroatoms. The van der Waals surface area contributed by atoms with Gasteiger partial charge in [0, 0.05) is 30.6 Å². The van der Waals surface area contributed by atoms with Crippen molar-refractivity contribution in [1.29, 1.82) is 0 Å². The average Bonchev–Trinajstić information content (AvgIpc) is 3.47. The molecule has 0 aliphatic carbocycles. The Labute approximate surface area is 164 Å². The predicted molar refractivity (Wildman–Crippen MR) is 106 cm³/mol. The summed E-state index contributed by atoms with van der Waals surface area (Å²) in [5, 5.41) is 10.6. The van der Waals surface area contributed by atoms with E-state index in [0.717, 1.165) is 16.7 Å². The van der Waals surface area contributed by atoms with Crippen LogP contribution in [0.4, 0.5) is 5.13 Å². The molecule has 0 radical (unpaired) electrons. The van der Waals surface area contributed by atoms with Crippen LogP contribution in [0.3, 0.4) is 0 Å². The fourth-order valence-electron chi connectivity index (χ4n) is 3.56. The van der Waals surface area contributed by atoms with Crippen LogP contribution in [0.1, 0.15) is 18.2 Å². The van der Waals surface area contributed by atoms with Crippen molar-refractivity contribution in [2.24, 2.45) is 13.0 Å². The van der Waals surface area contributed by atoms with Crippen LogP contribution in [0.15, 0.2) is 52.4 Å². The van der Waals surface area contributed by atoms with Gasteiger partial charge >= 0.3 is 0 Å². The maximum atomic E-state index is 12.8. The number of aryl methyl sites for hydroxylation is 1. The Bertz CT molecular complexity index is 1110. The number of benzene rings is 1. The Morgan fingerprint density at radius 2 is 2.21 bits per heavy atom. The molecule has 142 valence electrons. The van der Waals surface area contributed by atoms with E-state index in [4.69, 9.17) is 9.15 Å². The molecular weight excluding hydrogens is 376 g/mol. The van der Waals surface area contributed by atoms with Crippen molar-refractivity contribution in [2.45, 2.75) is 12.5 Å². The highest BCUT2D eigenvalue weighted by Gasteiger charge is 2.37. The van der Waals surface area contributed by atoms with Gasteiger partial charge in [-0.3, -0.25) is 9.48 Å². The number of aromatic nitrogens is 3. The molecule has 1 saturated heterocycles. The number of hydrogen-bond acceptors (Lipinski definition) is 6. The first-order valence-corrected chi connectivity index (χ1v) is 9.92. The van der Waals surface area contributed by atoms with Crippen molar-refractivity contribution >= 4 is 33.3 Å². The summed E-state index contributed by atoms with van der Waals surface area (Å²) < 4.78 is 13.4. The van der Waals surface area contributed by atoms with E-state index in [-0.39, 0.29) is 17.9 Å². The summed E-state index contributed by atoms with van der Waals surface area (Å²) in [4.78, 5) is 17.4. The highest BCUT2D eigenvalue weighted by atomic mass is 32.1. The molecule has 0 bridgehead atoms. The van der Waals surface area contributed by atoms with Crippen LogP contribution in [0, 0.1) is 5.92 Å². The molecule has 1 aliphatic rings. The number of para-hydroxylation sites is 1. The number of carbonyl (C=O) groups is 1. The molecule has 1 amide bonds. The zero-order chi connectivity index (χ0) is 19.1. The van der Waals surface area contributed by atoms with Crippen molar-refractivity contribution in [2.75, 3.05) is 11.9 Å². The van der Waals surface area contributed by atoms with E-state index in [1.54, 1.807) is 10.9 Å². The lowest BCUT2D eigenvalue weighted by atomic mass is 9.98. The number of hydrogen-bond donors (Lipinski definition) is 1. The van der Waals surface area contributed by atoms with E-state index in [1.165, 1.54) is 11.3 Å². The van der Waals surface area contributed by atoms with Gasteiger partial charge in [0.1, 0.15) is 17.4 Å². The topological polar surface area (TPSA) is 82.2 Å². The van der Waals surface area contributed by atoms with Crippen LogP contribution in [0.25, 0.3) is 22.4 Å². The number of furan rings is 1. The molecule has 0 spiro atoms. The maximum Gasteiger partial charge on any atom is 0.232 e. The zero-order valence-corrected chi connectivity index (χ0v) is 16.0. The van der Waals surface area contributed by atoms with Gasteiger partial charge in [-0.15, -0.1) is 11.3 Å². The monoisotopic (exact) mass is 394 g/mol. The summed E-state index contributed by atoms with van der Waals surface area (Å²) in [5.74, 6) is 0.332. The molecule has 1 aliphatic heterocycles. The molecule has 1 N–H and O–H groups in total. The number of nitrogens with zero attached hydrogens (tertiary/aromatic N) is 3. The first kappa shape index (κ1) is 17.2. The summed E-state index contributed by atoms with van der Waals surface area (Å²) in [6.07, 6.45) is 2.10. The molecule has 28 heavy (non-hydrogen) atoms. The number of rotatable bonds is 4. The van der Waals surface area contributed by atoms with Gasteiger partial charge < -0.3 is 14.5 Å². The standard InChI is InChI=1S/C20H18N4O3S/c1-24-15(6-8-21-24)18-13(7-9-26-18)19(25)23-20-22-14(11-28-20)17-10-12-4-2-3-5-16(12)27-17/h2-6,8,10-11,13,18H,7,9H2,1H3,(H,22,23,25)/t13-,18-/m1/s1. The van der Waals surface area contributed by atoms with Gasteiger partial charge in [-0.1, -0.05) is 18.2 Å². The van der Waals surface area contributed by atoms with Gasteiger partial charge in [0.15, 0.2) is 10.9 Å². The molecule has 5 rings (SSSR count). The minimum atomic E-state index is -0.290. The van der Waals surface area contributed by atoms with Gasteiger partial charge in [-0.2, -0.15) is 5.10 Å². The lowest BCUT2D eigenvalue weighted by Gasteiger charge is -2.17. The third kappa shape index (κ3) is 3.00. The zero-order valence-electron chi connectivity index (χ0n) is 15.2. The van der Waals surface area contributed by atoms with Crippen molar-refractivity contribution in [1.82, 2.24) is 14.8 Å². The molecule has 4 heterocycles. The number of nitrogens with one attached hydrogen (secondary N) is 1. The molecular formula is C20H18N4O3S. The van der Waals surface area contributed by atoms with Crippen LogP contribution in [0.2, 0.25) is 0 Å². The van der Waals surface area contributed by atoms with Gasteiger partial charge in [0.2, 0.25) is 5.91 Å². The second-order valence-corrected chi connectivity index (χ2v) is 7.60. The minimum Gasteiger partial charge on any atom is -0.454 e. The minimum absolute atomic E-state index is 0.0887. The largest absolute Gasteiger partial charge is 0.454 e. The van der Waals surface area contributed by atoms with Gasteiger partial charge in [-0.25, -0.2) is 4.98 Å². The third-order valence-corrected chi connectivity index (χ3v) is 5.75. The van der Waals surface area contributed by atoms with Crippen LogP contribution in [-0.4, -0.2) is 27.3 Å². The number of carbonyl (C=O) groups excluding carboxylic acids is 1.